The maximum atomic E-state index is 12.7. The van der Waals surface area contributed by atoms with Crippen LogP contribution in [0.5, 0.6) is 0 Å². The van der Waals surface area contributed by atoms with Crippen LogP contribution >= 0.6 is 11.6 Å². The molecule has 192 valence electrons. The normalized spacial score (nSPS) is 21.6. The second-order valence-electron chi connectivity index (χ2n) is 10.3. The molecule has 0 radical (unpaired) electrons. The summed E-state index contributed by atoms with van der Waals surface area (Å²) < 4.78 is 2.12. The van der Waals surface area contributed by atoms with Crippen LogP contribution in [-0.2, 0) is 11.3 Å². The van der Waals surface area contributed by atoms with E-state index in [2.05, 4.69) is 61.5 Å². The molecule has 3 aromatic rings. The summed E-state index contributed by atoms with van der Waals surface area (Å²) in [6, 6.07) is 10.8. The van der Waals surface area contributed by atoms with Crippen molar-refractivity contribution in [3.05, 3.63) is 52.4 Å². The van der Waals surface area contributed by atoms with Gasteiger partial charge in [0.05, 0.1) is 6.54 Å². The van der Waals surface area contributed by atoms with Gasteiger partial charge in [0.1, 0.15) is 16.5 Å². The van der Waals surface area contributed by atoms with E-state index in [1.807, 2.05) is 19.9 Å². The average molecular weight is 510 g/mol. The number of aromatic nitrogens is 3. The van der Waals surface area contributed by atoms with Crippen LogP contribution < -0.4 is 10.7 Å². The number of hydrazine groups is 1. The van der Waals surface area contributed by atoms with Crippen LogP contribution in [0.25, 0.3) is 11.2 Å². The summed E-state index contributed by atoms with van der Waals surface area (Å²) >= 11 is 6.21. The standard InChI is InChI=1S/C27H36ClN7O/c1-18-16-24(28)31-26-25(18)29-19(2)35(26)17-20-4-8-22(9-5-20)30-23-10-6-21(7-11-23)27(36)32-34-14-12-33(3)13-15-34/h4-5,8-9,16,21,23,30H,6-7,10-15,17H2,1-3H3,(H,32,36). The van der Waals surface area contributed by atoms with E-state index in [1.165, 1.54) is 5.56 Å². The van der Waals surface area contributed by atoms with Crippen LogP contribution in [0.1, 0.15) is 42.6 Å². The Kier molecular flexibility index (Phi) is 7.46. The summed E-state index contributed by atoms with van der Waals surface area (Å²) in [6.45, 7) is 8.51. The van der Waals surface area contributed by atoms with Crippen LogP contribution in [0.3, 0.4) is 0 Å². The second kappa shape index (κ2) is 10.7. The lowest BCUT2D eigenvalue weighted by Crippen LogP contribution is -2.54. The highest BCUT2D eigenvalue weighted by Crippen LogP contribution is 2.28. The van der Waals surface area contributed by atoms with Gasteiger partial charge in [0, 0.05) is 43.8 Å². The summed E-state index contributed by atoms with van der Waals surface area (Å²) in [5, 5.41) is 6.24. The topological polar surface area (TPSA) is 78.3 Å². The molecule has 3 heterocycles. The zero-order valence-corrected chi connectivity index (χ0v) is 22.2. The number of likely N-dealkylation sites (N-methyl/N-ethyl adjacent to an activating group) is 1. The maximum Gasteiger partial charge on any atom is 0.237 e. The van der Waals surface area contributed by atoms with Crippen molar-refractivity contribution in [2.75, 3.05) is 38.5 Å². The molecule has 2 aliphatic rings. The monoisotopic (exact) mass is 509 g/mol. The van der Waals surface area contributed by atoms with Crippen LogP contribution in [-0.4, -0.2) is 69.6 Å². The summed E-state index contributed by atoms with van der Waals surface area (Å²) in [7, 11) is 2.12. The number of rotatable bonds is 6. The Bertz CT molecular complexity index is 1210. The lowest BCUT2D eigenvalue weighted by molar-refractivity contribution is -0.131. The predicted molar refractivity (Wildman–Crippen MR) is 144 cm³/mol. The molecule has 0 bridgehead atoms. The molecule has 1 aromatic carbocycles. The molecule has 8 nitrogen and oxygen atoms in total. The van der Waals surface area contributed by atoms with Crippen molar-refractivity contribution >= 4 is 34.4 Å². The highest BCUT2D eigenvalue weighted by molar-refractivity contribution is 6.29. The summed E-state index contributed by atoms with van der Waals surface area (Å²) in [6.07, 6.45) is 3.87. The minimum Gasteiger partial charge on any atom is -0.382 e. The van der Waals surface area contributed by atoms with Gasteiger partial charge in [-0.25, -0.2) is 15.0 Å². The molecule has 0 atom stereocenters. The first-order valence-electron chi connectivity index (χ1n) is 12.9. The molecule has 9 heteroatoms. The van der Waals surface area contributed by atoms with Gasteiger partial charge in [-0.1, -0.05) is 23.7 Å². The minimum atomic E-state index is 0.115. The lowest BCUT2D eigenvalue weighted by Gasteiger charge is -2.35. The lowest BCUT2D eigenvalue weighted by atomic mass is 9.85. The molecule has 2 fully saturated rings. The third-order valence-corrected chi connectivity index (χ3v) is 7.78. The molecule has 1 saturated carbocycles. The SMILES string of the molecule is Cc1cc(Cl)nc2c1nc(C)n2Cc1ccc(NC2CCC(C(=O)NN3CCN(C)CC3)CC2)cc1. The number of hydrogen-bond acceptors (Lipinski definition) is 6. The third-order valence-electron chi connectivity index (χ3n) is 7.59. The van der Waals surface area contributed by atoms with Crippen molar-refractivity contribution in [3.63, 3.8) is 0 Å². The maximum absolute atomic E-state index is 12.7. The Morgan fingerprint density at radius 3 is 2.42 bits per heavy atom. The number of benzene rings is 1. The van der Waals surface area contributed by atoms with Gasteiger partial charge in [-0.05, 0) is 75.9 Å². The zero-order chi connectivity index (χ0) is 25.2. The minimum absolute atomic E-state index is 0.115. The van der Waals surface area contributed by atoms with Gasteiger partial charge in [0.15, 0.2) is 5.65 Å². The molecule has 36 heavy (non-hydrogen) atoms. The first-order valence-corrected chi connectivity index (χ1v) is 13.3. The number of piperazine rings is 1. The molecule has 5 rings (SSSR count). The van der Waals surface area contributed by atoms with Gasteiger partial charge in [-0.2, -0.15) is 0 Å². The van der Waals surface area contributed by atoms with Crippen LogP contribution in [0.2, 0.25) is 5.15 Å². The summed E-state index contributed by atoms with van der Waals surface area (Å²) in [4.78, 5) is 24.2. The van der Waals surface area contributed by atoms with Gasteiger partial charge in [0.2, 0.25) is 5.91 Å². The number of amides is 1. The highest BCUT2D eigenvalue weighted by atomic mass is 35.5. The number of halogens is 1. The number of imidazole rings is 1. The van der Waals surface area contributed by atoms with Crippen LogP contribution in [0.15, 0.2) is 30.3 Å². The molecule has 1 aliphatic heterocycles. The number of pyridine rings is 1. The number of anilines is 1. The Balaban J connectivity index is 1.13. The number of nitrogens with zero attached hydrogens (tertiary/aromatic N) is 5. The molecular weight excluding hydrogens is 474 g/mol. The molecule has 2 aromatic heterocycles. The average Bonchev–Trinajstić information content (AvgIpc) is 3.17. The second-order valence-corrected chi connectivity index (χ2v) is 10.7. The third kappa shape index (κ3) is 5.66. The van der Waals surface area contributed by atoms with E-state index < -0.39 is 0 Å². The van der Waals surface area contributed by atoms with Crippen LogP contribution in [0.4, 0.5) is 5.69 Å². The molecule has 1 amide bonds. The molecule has 0 unspecified atom stereocenters. The van der Waals surface area contributed by atoms with Gasteiger partial charge >= 0.3 is 0 Å². The number of hydrogen-bond donors (Lipinski definition) is 2. The van der Waals surface area contributed by atoms with Crippen molar-refractivity contribution in [1.29, 1.82) is 0 Å². The Morgan fingerprint density at radius 2 is 1.72 bits per heavy atom. The van der Waals surface area contributed by atoms with Crippen LogP contribution in [0, 0.1) is 19.8 Å². The smallest absolute Gasteiger partial charge is 0.237 e. The Morgan fingerprint density at radius 1 is 1.03 bits per heavy atom. The fraction of sp³-hybridized carbons (Fsp3) is 0.519. The first kappa shape index (κ1) is 25.0. The van der Waals surface area contributed by atoms with E-state index in [9.17, 15) is 4.79 Å². The number of carbonyl (C=O) groups is 1. The molecule has 0 spiro atoms. The molecule has 1 aliphatic carbocycles. The fourth-order valence-corrected chi connectivity index (χ4v) is 5.53. The number of carbonyl (C=O) groups excluding carboxylic acids is 1. The van der Waals surface area contributed by atoms with E-state index in [0.29, 0.717) is 17.7 Å². The molecule has 1 saturated heterocycles. The Labute approximate surface area is 218 Å². The number of aryl methyl sites for hydroxylation is 2. The summed E-state index contributed by atoms with van der Waals surface area (Å²) in [5.41, 5.74) is 8.23. The van der Waals surface area contributed by atoms with E-state index in [4.69, 9.17) is 16.6 Å². The van der Waals surface area contributed by atoms with E-state index in [0.717, 1.165) is 80.1 Å². The van der Waals surface area contributed by atoms with Gasteiger partial charge in [-0.15, -0.1) is 0 Å². The fourth-order valence-electron chi connectivity index (χ4n) is 5.29. The van der Waals surface area contributed by atoms with Crippen molar-refractivity contribution in [1.82, 2.24) is 29.9 Å². The zero-order valence-electron chi connectivity index (χ0n) is 21.4. The summed E-state index contributed by atoms with van der Waals surface area (Å²) in [5.74, 6) is 1.23. The van der Waals surface area contributed by atoms with Gasteiger partial charge < -0.3 is 14.8 Å². The quantitative estimate of drug-likeness (QED) is 0.489. The largest absolute Gasteiger partial charge is 0.382 e. The number of nitrogens with one attached hydrogen (secondary N) is 2. The van der Waals surface area contributed by atoms with E-state index in [-0.39, 0.29) is 11.8 Å². The van der Waals surface area contributed by atoms with Gasteiger partial charge in [0.25, 0.3) is 0 Å². The molecule has 2 N–H and O–H groups in total. The highest BCUT2D eigenvalue weighted by Gasteiger charge is 2.28. The van der Waals surface area contributed by atoms with E-state index in [1.54, 1.807) is 0 Å². The first-order chi connectivity index (χ1) is 17.4. The molecular formula is C27H36ClN7O. The van der Waals surface area contributed by atoms with Crippen molar-refractivity contribution in [2.24, 2.45) is 5.92 Å². The number of fused-ring (bicyclic) bond motifs is 1. The van der Waals surface area contributed by atoms with Gasteiger partial charge in [-0.3, -0.25) is 10.2 Å². The predicted octanol–water partition coefficient (Wildman–Crippen LogP) is 4.00. The Hall–Kier alpha value is -2.68. The van der Waals surface area contributed by atoms with Crippen molar-refractivity contribution in [3.8, 4) is 0 Å². The van der Waals surface area contributed by atoms with E-state index >= 15 is 0 Å². The van der Waals surface area contributed by atoms with Crippen molar-refractivity contribution in [2.45, 2.75) is 52.1 Å². The van der Waals surface area contributed by atoms with Crippen molar-refractivity contribution < 1.29 is 4.79 Å².